The Morgan fingerprint density at radius 1 is 1.08 bits per heavy atom. The van der Waals surface area contributed by atoms with E-state index in [0.29, 0.717) is 10.8 Å². The van der Waals surface area contributed by atoms with Crippen LogP contribution in [-0.4, -0.2) is 34.1 Å². The van der Waals surface area contributed by atoms with Gasteiger partial charge in [0.1, 0.15) is 31.3 Å². The first-order valence-electron chi connectivity index (χ1n) is 7.17. The van der Waals surface area contributed by atoms with Crippen molar-refractivity contribution in [2.24, 2.45) is 0 Å². The lowest BCUT2D eigenvalue weighted by molar-refractivity contribution is -0.142. The Balaban J connectivity index is 1.73. The average molecular weight is 388 g/mol. The molecule has 0 aliphatic rings. The molecule has 0 unspecified atom stereocenters. The molecule has 1 N–H and O–H groups in total. The maximum Gasteiger partial charge on any atom is 0.321 e. The van der Waals surface area contributed by atoms with Crippen LogP contribution in [0.5, 0.6) is 5.75 Å². The van der Waals surface area contributed by atoms with Crippen molar-refractivity contribution in [2.45, 2.75) is 4.90 Å². The fourth-order valence-corrected chi connectivity index (χ4v) is 2.93. The molecule has 2 aromatic carbocycles. The zero-order chi connectivity index (χ0) is 18.3. The van der Waals surface area contributed by atoms with E-state index in [-0.39, 0.29) is 18.1 Å². The van der Waals surface area contributed by atoms with Crippen molar-refractivity contribution in [1.29, 1.82) is 0 Å². The molecule has 0 radical (unpaired) electrons. The summed E-state index contributed by atoms with van der Waals surface area (Å²) in [5.74, 6) is -0.873. The molecule has 25 heavy (non-hydrogen) atoms. The standard InChI is InChI=1S/C16H15ClFNO5S/c17-14-3-1-2-4-15(14)23-9-10-24-16(20)11-19-25(21,22)13-7-5-12(18)6-8-13/h1-8,19H,9-11H2. The van der Waals surface area contributed by atoms with E-state index in [4.69, 9.17) is 21.1 Å². The van der Waals surface area contributed by atoms with Gasteiger partial charge < -0.3 is 9.47 Å². The Kier molecular flexibility index (Phi) is 6.74. The van der Waals surface area contributed by atoms with Crippen LogP contribution in [0, 0.1) is 5.82 Å². The van der Waals surface area contributed by atoms with E-state index in [1.54, 1.807) is 24.3 Å². The van der Waals surface area contributed by atoms with Crippen molar-refractivity contribution in [3.8, 4) is 5.75 Å². The second-order valence-electron chi connectivity index (χ2n) is 4.78. The third-order valence-electron chi connectivity index (χ3n) is 2.97. The summed E-state index contributed by atoms with van der Waals surface area (Å²) in [6.07, 6.45) is 0. The molecule has 0 aromatic heterocycles. The molecule has 9 heteroatoms. The van der Waals surface area contributed by atoms with E-state index in [1.807, 2.05) is 0 Å². The molecule has 0 saturated carbocycles. The van der Waals surface area contributed by atoms with Gasteiger partial charge in [-0.3, -0.25) is 4.79 Å². The van der Waals surface area contributed by atoms with Crippen LogP contribution in [0.25, 0.3) is 0 Å². The largest absolute Gasteiger partial charge is 0.488 e. The number of halogens is 2. The van der Waals surface area contributed by atoms with Crippen LogP contribution < -0.4 is 9.46 Å². The summed E-state index contributed by atoms with van der Waals surface area (Å²) in [4.78, 5) is 11.4. The third-order valence-corrected chi connectivity index (χ3v) is 4.70. The minimum absolute atomic E-state index is 0.0671. The van der Waals surface area contributed by atoms with Crippen molar-refractivity contribution in [3.63, 3.8) is 0 Å². The van der Waals surface area contributed by atoms with Gasteiger partial charge in [0, 0.05) is 0 Å². The van der Waals surface area contributed by atoms with Gasteiger partial charge in [-0.15, -0.1) is 0 Å². The Morgan fingerprint density at radius 3 is 2.44 bits per heavy atom. The number of esters is 1. The number of nitrogens with one attached hydrogen (secondary N) is 1. The highest BCUT2D eigenvalue weighted by atomic mass is 35.5. The maximum atomic E-state index is 12.8. The quantitative estimate of drug-likeness (QED) is 0.555. The van der Waals surface area contributed by atoms with Gasteiger partial charge in [0.25, 0.3) is 0 Å². The molecule has 0 bridgehead atoms. The Hall–Kier alpha value is -2.16. The van der Waals surface area contributed by atoms with E-state index >= 15 is 0 Å². The summed E-state index contributed by atoms with van der Waals surface area (Å²) in [7, 11) is -3.92. The number of hydrogen-bond donors (Lipinski definition) is 1. The first-order chi connectivity index (χ1) is 11.9. The molecule has 0 aliphatic carbocycles. The zero-order valence-electron chi connectivity index (χ0n) is 12.9. The van der Waals surface area contributed by atoms with Crippen molar-refractivity contribution in [2.75, 3.05) is 19.8 Å². The molecule has 0 spiro atoms. The van der Waals surface area contributed by atoms with E-state index < -0.39 is 28.4 Å². The number of carbonyl (C=O) groups is 1. The topological polar surface area (TPSA) is 81.7 Å². The molecule has 0 atom stereocenters. The summed E-state index contributed by atoms with van der Waals surface area (Å²) in [5, 5.41) is 0.431. The number of sulfonamides is 1. The Labute approximate surface area is 149 Å². The first kappa shape index (κ1) is 19.2. The molecule has 134 valence electrons. The Bertz CT molecular complexity index is 827. The number of hydrogen-bond acceptors (Lipinski definition) is 5. The van der Waals surface area contributed by atoms with Gasteiger partial charge in [-0.2, -0.15) is 4.72 Å². The highest BCUT2D eigenvalue weighted by molar-refractivity contribution is 7.89. The molecule has 2 rings (SSSR count). The number of ether oxygens (including phenoxy) is 2. The van der Waals surface area contributed by atoms with Gasteiger partial charge in [0.15, 0.2) is 0 Å². The predicted molar refractivity (Wildman–Crippen MR) is 89.5 cm³/mol. The number of carbonyl (C=O) groups excluding carboxylic acids is 1. The number of benzene rings is 2. The average Bonchev–Trinajstić information content (AvgIpc) is 2.59. The Morgan fingerprint density at radius 2 is 1.76 bits per heavy atom. The SMILES string of the molecule is O=C(CNS(=O)(=O)c1ccc(F)cc1)OCCOc1ccccc1Cl. The molecule has 0 saturated heterocycles. The van der Waals surface area contributed by atoms with E-state index in [2.05, 4.69) is 4.72 Å². The molecule has 0 fully saturated rings. The number of para-hydroxylation sites is 1. The van der Waals surface area contributed by atoms with Crippen molar-refractivity contribution >= 4 is 27.6 Å². The normalized spacial score (nSPS) is 11.1. The van der Waals surface area contributed by atoms with Crippen molar-refractivity contribution in [3.05, 3.63) is 59.4 Å². The van der Waals surface area contributed by atoms with Gasteiger partial charge in [-0.05, 0) is 36.4 Å². The van der Waals surface area contributed by atoms with Crippen molar-refractivity contribution < 1.29 is 27.1 Å². The predicted octanol–water partition coefficient (Wildman–Crippen LogP) is 2.38. The van der Waals surface area contributed by atoms with E-state index in [0.717, 1.165) is 24.3 Å². The monoisotopic (exact) mass is 387 g/mol. The fraction of sp³-hybridized carbons (Fsp3) is 0.188. The van der Waals surface area contributed by atoms with Crippen LogP contribution in [0.4, 0.5) is 4.39 Å². The highest BCUT2D eigenvalue weighted by Crippen LogP contribution is 2.22. The maximum absolute atomic E-state index is 12.8. The van der Waals surface area contributed by atoms with Crippen molar-refractivity contribution in [1.82, 2.24) is 4.72 Å². The van der Waals surface area contributed by atoms with Gasteiger partial charge >= 0.3 is 5.97 Å². The van der Waals surface area contributed by atoms with Gasteiger partial charge in [0.05, 0.1) is 9.92 Å². The minimum atomic E-state index is -3.92. The van der Waals surface area contributed by atoms with Gasteiger partial charge in [-0.25, -0.2) is 12.8 Å². The van der Waals surface area contributed by atoms with Crippen LogP contribution in [0.3, 0.4) is 0 Å². The summed E-state index contributed by atoms with van der Waals surface area (Å²) in [5.41, 5.74) is 0. The van der Waals surface area contributed by atoms with Crippen LogP contribution in [0.15, 0.2) is 53.4 Å². The summed E-state index contributed by atoms with van der Waals surface area (Å²) >= 11 is 5.90. The molecule has 0 heterocycles. The highest BCUT2D eigenvalue weighted by Gasteiger charge is 2.16. The van der Waals surface area contributed by atoms with Crippen LogP contribution in [0.1, 0.15) is 0 Å². The molecular formula is C16H15ClFNO5S. The van der Waals surface area contributed by atoms with E-state index in [1.165, 1.54) is 0 Å². The molecule has 6 nitrogen and oxygen atoms in total. The zero-order valence-corrected chi connectivity index (χ0v) is 14.5. The second-order valence-corrected chi connectivity index (χ2v) is 6.95. The summed E-state index contributed by atoms with van der Waals surface area (Å²) in [6, 6.07) is 11.0. The molecule has 0 amide bonds. The second kappa shape index (κ2) is 8.80. The van der Waals surface area contributed by atoms with E-state index in [9.17, 15) is 17.6 Å². The lowest BCUT2D eigenvalue weighted by Gasteiger charge is -2.09. The van der Waals surface area contributed by atoms with Crippen LogP contribution >= 0.6 is 11.6 Å². The lowest BCUT2D eigenvalue weighted by Crippen LogP contribution is -2.31. The van der Waals surface area contributed by atoms with Crippen LogP contribution in [0.2, 0.25) is 5.02 Å². The summed E-state index contributed by atoms with van der Waals surface area (Å²) in [6.45, 7) is -0.547. The molecule has 2 aromatic rings. The van der Waals surface area contributed by atoms with Gasteiger partial charge in [0.2, 0.25) is 10.0 Å². The summed E-state index contributed by atoms with van der Waals surface area (Å²) < 4.78 is 48.9. The minimum Gasteiger partial charge on any atom is -0.488 e. The van der Waals surface area contributed by atoms with Crippen LogP contribution in [-0.2, 0) is 19.6 Å². The fourth-order valence-electron chi connectivity index (χ4n) is 1.77. The number of rotatable bonds is 8. The molecule has 0 aliphatic heterocycles. The molecular weight excluding hydrogens is 373 g/mol. The lowest BCUT2D eigenvalue weighted by atomic mass is 10.3. The first-order valence-corrected chi connectivity index (χ1v) is 9.03. The third kappa shape index (κ3) is 6.00. The smallest absolute Gasteiger partial charge is 0.321 e. The van der Waals surface area contributed by atoms with Gasteiger partial charge in [-0.1, -0.05) is 23.7 Å².